The molecule has 3 N–H and O–H groups in total. The fourth-order valence-electron chi connectivity index (χ4n) is 4.36. The van der Waals surface area contributed by atoms with Gasteiger partial charge in [-0.15, -0.1) is 0 Å². The molecule has 1 heterocycles. The standard InChI is InChI=1S/C20H28N2O4/c1-13-4-9-18(23)16(11-13)17-3-2-10-22(17)20(26)21-12-14-5-7-15(8-6-14)19(24)25/h5-8,13,16-18,23H,2-4,9-12H2,1H3,(H,21,26)(H,24,25). The second kappa shape index (κ2) is 8.08. The molecule has 6 nitrogen and oxygen atoms in total. The number of aliphatic hydroxyl groups excluding tert-OH is 1. The zero-order valence-electron chi connectivity index (χ0n) is 15.2. The minimum absolute atomic E-state index is 0.0970. The Hall–Kier alpha value is -2.08. The Bertz CT molecular complexity index is 646. The number of likely N-dealkylation sites (tertiary alicyclic amines) is 1. The Morgan fingerprint density at radius 2 is 1.92 bits per heavy atom. The van der Waals surface area contributed by atoms with Crippen LogP contribution in [0.2, 0.25) is 0 Å². The van der Waals surface area contributed by atoms with Crippen LogP contribution in [0.25, 0.3) is 0 Å². The second-order valence-corrected chi connectivity index (χ2v) is 7.71. The van der Waals surface area contributed by atoms with E-state index in [1.54, 1.807) is 24.3 Å². The molecule has 3 rings (SSSR count). The number of carbonyl (C=O) groups excluding carboxylic acids is 1. The molecule has 1 saturated carbocycles. The van der Waals surface area contributed by atoms with Crippen molar-refractivity contribution < 1.29 is 19.8 Å². The minimum atomic E-state index is -0.958. The van der Waals surface area contributed by atoms with Crippen LogP contribution in [0.15, 0.2) is 24.3 Å². The van der Waals surface area contributed by atoms with Crippen molar-refractivity contribution in [2.45, 2.75) is 57.7 Å². The van der Waals surface area contributed by atoms with Crippen LogP contribution in [0.3, 0.4) is 0 Å². The van der Waals surface area contributed by atoms with Crippen LogP contribution in [-0.2, 0) is 6.54 Å². The lowest BCUT2D eigenvalue weighted by Crippen LogP contribution is -2.49. The summed E-state index contributed by atoms with van der Waals surface area (Å²) in [6.07, 6.45) is 4.48. The van der Waals surface area contributed by atoms with Gasteiger partial charge in [0.05, 0.1) is 11.7 Å². The van der Waals surface area contributed by atoms with Crippen molar-refractivity contribution in [3.05, 3.63) is 35.4 Å². The van der Waals surface area contributed by atoms with Crippen LogP contribution in [0.4, 0.5) is 4.79 Å². The first kappa shape index (κ1) is 18.7. The van der Waals surface area contributed by atoms with Crippen molar-refractivity contribution in [1.82, 2.24) is 10.2 Å². The first-order valence-corrected chi connectivity index (χ1v) is 9.50. The number of hydrogen-bond acceptors (Lipinski definition) is 3. The van der Waals surface area contributed by atoms with Crippen LogP contribution in [0, 0.1) is 11.8 Å². The van der Waals surface area contributed by atoms with Crippen molar-refractivity contribution in [2.75, 3.05) is 6.54 Å². The highest BCUT2D eigenvalue weighted by Crippen LogP contribution is 2.37. The summed E-state index contributed by atoms with van der Waals surface area (Å²) in [5.74, 6) is -0.190. The number of nitrogens with zero attached hydrogens (tertiary/aromatic N) is 1. The van der Waals surface area contributed by atoms with Gasteiger partial charge < -0.3 is 20.4 Å². The highest BCUT2D eigenvalue weighted by Gasteiger charge is 2.40. The summed E-state index contributed by atoms with van der Waals surface area (Å²) >= 11 is 0. The van der Waals surface area contributed by atoms with Gasteiger partial charge in [0.2, 0.25) is 0 Å². The Balaban J connectivity index is 1.58. The van der Waals surface area contributed by atoms with Gasteiger partial charge in [0.1, 0.15) is 0 Å². The van der Waals surface area contributed by atoms with E-state index in [1.165, 1.54) is 0 Å². The minimum Gasteiger partial charge on any atom is -0.478 e. The molecule has 26 heavy (non-hydrogen) atoms. The third-order valence-corrected chi connectivity index (χ3v) is 5.82. The van der Waals surface area contributed by atoms with E-state index in [4.69, 9.17) is 5.11 Å². The number of nitrogens with one attached hydrogen (secondary N) is 1. The number of rotatable bonds is 4. The molecule has 1 aliphatic carbocycles. The zero-order chi connectivity index (χ0) is 18.7. The highest BCUT2D eigenvalue weighted by molar-refractivity contribution is 5.87. The van der Waals surface area contributed by atoms with E-state index in [-0.39, 0.29) is 29.7 Å². The lowest BCUT2D eigenvalue weighted by Gasteiger charge is -2.39. The van der Waals surface area contributed by atoms with Crippen molar-refractivity contribution in [2.24, 2.45) is 11.8 Å². The average molecular weight is 360 g/mol. The number of carbonyl (C=O) groups is 2. The van der Waals surface area contributed by atoms with E-state index in [1.807, 2.05) is 4.90 Å². The Morgan fingerprint density at radius 1 is 1.19 bits per heavy atom. The predicted octanol–water partition coefficient (Wildman–Crippen LogP) is 2.86. The molecule has 1 saturated heterocycles. The van der Waals surface area contributed by atoms with Gasteiger partial charge >= 0.3 is 12.0 Å². The first-order chi connectivity index (χ1) is 12.5. The Kier molecular flexibility index (Phi) is 5.81. The van der Waals surface area contributed by atoms with Crippen molar-refractivity contribution in [1.29, 1.82) is 0 Å². The molecule has 1 aromatic rings. The topological polar surface area (TPSA) is 89.9 Å². The molecule has 6 heteroatoms. The fraction of sp³-hybridized carbons (Fsp3) is 0.600. The van der Waals surface area contributed by atoms with Crippen LogP contribution in [-0.4, -0.2) is 45.8 Å². The van der Waals surface area contributed by atoms with Crippen LogP contribution in [0.5, 0.6) is 0 Å². The first-order valence-electron chi connectivity index (χ1n) is 9.50. The van der Waals surface area contributed by atoms with Gasteiger partial charge in [0, 0.05) is 25.0 Å². The Morgan fingerprint density at radius 3 is 2.62 bits per heavy atom. The molecule has 2 fully saturated rings. The maximum Gasteiger partial charge on any atom is 0.335 e. The van der Waals surface area contributed by atoms with E-state index in [0.717, 1.165) is 44.2 Å². The number of benzene rings is 1. The molecular formula is C20H28N2O4. The molecule has 0 aromatic heterocycles. The van der Waals surface area contributed by atoms with Crippen LogP contribution < -0.4 is 5.32 Å². The monoisotopic (exact) mass is 360 g/mol. The summed E-state index contributed by atoms with van der Waals surface area (Å²) in [6.45, 7) is 3.32. The number of amides is 2. The van der Waals surface area contributed by atoms with Gasteiger partial charge in [-0.1, -0.05) is 19.1 Å². The highest BCUT2D eigenvalue weighted by atomic mass is 16.4. The second-order valence-electron chi connectivity index (χ2n) is 7.71. The number of carboxylic acid groups (broad SMARTS) is 1. The molecule has 4 atom stereocenters. The van der Waals surface area contributed by atoms with Gasteiger partial charge in [0.15, 0.2) is 0 Å². The number of urea groups is 1. The maximum atomic E-state index is 12.7. The molecule has 1 aliphatic heterocycles. The third kappa shape index (κ3) is 4.18. The molecule has 1 aromatic carbocycles. The molecule has 4 unspecified atom stereocenters. The van der Waals surface area contributed by atoms with Gasteiger partial charge in [-0.25, -0.2) is 9.59 Å². The summed E-state index contributed by atoms with van der Waals surface area (Å²) in [5.41, 5.74) is 1.10. The molecule has 0 spiro atoms. The van der Waals surface area contributed by atoms with Gasteiger partial charge in [0.25, 0.3) is 0 Å². The summed E-state index contributed by atoms with van der Waals surface area (Å²) in [6, 6.07) is 6.54. The van der Waals surface area contributed by atoms with Gasteiger partial charge in [-0.05, 0) is 55.7 Å². The van der Waals surface area contributed by atoms with E-state index in [0.29, 0.717) is 12.5 Å². The summed E-state index contributed by atoms with van der Waals surface area (Å²) < 4.78 is 0. The maximum absolute atomic E-state index is 12.7. The average Bonchev–Trinajstić information content (AvgIpc) is 3.11. The normalized spacial score (nSPS) is 28.8. The van der Waals surface area contributed by atoms with Gasteiger partial charge in [-0.3, -0.25) is 0 Å². The van der Waals surface area contributed by atoms with E-state index in [2.05, 4.69) is 12.2 Å². The lowest BCUT2D eigenvalue weighted by molar-refractivity contribution is 0.0153. The van der Waals surface area contributed by atoms with Crippen LogP contribution >= 0.6 is 0 Å². The fourth-order valence-corrected chi connectivity index (χ4v) is 4.36. The number of carboxylic acids is 1. The summed E-state index contributed by atoms with van der Waals surface area (Å²) in [7, 11) is 0. The number of aliphatic hydroxyl groups is 1. The molecule has 0 bridgehead atoms. The van der Waals surface area contributed by atoms with Crippen molar-refractivity contribution >= 4 is 12.0 Å². The zero-order valence-corrected chi connectivity index (χ0v) is 15.2. The molecule has 142 valence electrons. The quantitative estimate of drug-likeness (QED) is 0.770. The third-order valence-electron chi connectivity index (χ3n) is 5.82. The van der Waals surface area contributed by atoms with Crippen molar-refractivity contribution in [3.63, 3.8) is 0 Å². The number of hydrogen-bond donors (Lipinski definition) is 3. The van der Waals surface area contributed by atoms with E-state index < -0.39 is 5.97 Å². The molecular weight excluding hydrogens is 332 g/mol. The largest absolute Gasteiger partial charge is 0.478 e. The molecule has 0 radical (unpaired) electrons. The number of aromatic carboxylic acids is 1. The summed E-state index contributed by atoms with van der Waals surface area (Å²) in [4.78, 5) is 25.5. The van der Waals surface area contributed by atoms with Crippen molar-refractivity contribution in [3.8, 4) is 0 Å². The Labute approximate surface area is 154 Å². The molecule has 2 amide bonds. The predicted molar refractivity (Wildman–Crippen MR) is 97.9 cm³/mol. The smallest absolute Gasteiger partial charge is 0.335 e. The van der Waals surface area contributed by atoms with Crippen LogP contribution in [0.1, 0.15) is 54.9 Å². The molecule has 2 aliphatic rings. The lowest BCUT2D eigenvalue weighted by atomic mass is 9.76. The summed E-state index contributed by atoms with van der Waals surface area (Å²) in [5, 5.41) is 22.3. The van der Waals surface area contributed by atoms with E-state index in [9.17, 15) is 14.7 Å². The van der Waals surface area contributed by atoms with E-state index >= 15 is 0 Å². The SMILES string of the molecule is CC1CCC(O)C(C2CCCN2C(=O)NCc2ccc(C(=O)O)cc2)C1. The van der Waals surface area contributed by atoms with Gasteiger partial charge in [-0.2, -0.15) is 0 Å².